The van der Waals surface area contributed by atoms with Crippen LogP contribution in [0.1, 0.15) is 37.6 Å². The summed E-state index contributed by atoms with van der Waals surface area (Å²) in [4.78, 5) is 5.66. The van der Waals surface area contributed by atoms with Crippen LogP contribution in [-0.4, -0.2) is 61.4 Å². The summed E-state index contributed by atoms with van der Waals surface area (Å²) >= 11 is 0. The molecule has 10 heteroatoms. The highest BCUT2D eigenvalue weighted by atomic mass is 32.2. The average Bonchev–Trinajstić information content (AvgIpc) is 2.79. The molecule has 0 aromatic carbocycles. The van der Waals surface area contributed by atoms with Gasteiger partial charge in [-0.25, -0.2) is 13.4 Å². The number of hydrogen-bond acceptors (Lipinski definition) is 6. The first-order valence-electron chi connectivity index (χ1n) is 9.78. The number of halogens is 3. The number of rotatable bonds is 4. The number of piperidine rings is 1. The van der Waals surface area contributed by atoms with E-state index < -0.39 is 27.0 Å². The van der Waals surface area contributed by atoms with Crippen molar-refractivity contribution in [2.45, 2.75) is 67.6 Å². The number of nitrogens with two attached hydrogens (primary N) is 1. The normalized spacial score (nSPS) is 32.2. The summed E-state index contributed by atoms with van der Waals surface area (Å²) in [5, 5.41) is -0.692. The van der Waals surface area contributed by atoms with Crippen molar-refractivity contribution in [2.24, 2.45) is 11.1 Å². The molecule has 6 nitrogen and oxygen atoms in total. The molecule has 4 heterocycles. The first-order chi connectivity index (χ1) is 13.4. The number of hydrogen-bond donors (Lipinski definition) is 1. The fraction of sp³-hybridized carbons (Fsp3) is 0.737. The molecule has 4 rings (SSSR count). The molecule has 3 saturated heterocycles. The van der Waals surface area contributed by atoms with Crippen LogP contribution in [0, 0.1) is 12.3 Å². The minimum Gasteiger partial charge on any atom is -0.380 e. The van der Waals surface area contributed by atoms with Crippen LogP contribution in [0.3, 0.4) is 0 Å². The van der Waals surface area contributed by atoms with Crippen molar-refractivity contribution in [3.05, 3.63) is 23.5 Å². The zero-order valence-corrected chi connectivity index (χ0v) is 17.3. The van der Waals surface area contributed by atoms with E-state index in [1.165, 1.54) is 6.92 Å². The van der Waals surface area contributed by atoms with Gasteiger partial charge in [0, 0.05) is 30.1 Å². The number of alkyl halides is 3. The summed E-state index contributed by atoms with van der Waals surface area (Å²) < 4.78 is 71.0. The van der Waals surface area contributed by atoms with E-state index in [9.17, 15) is 21.6 Å². The first kappa shape index (κ1) is 21.0. The van der Waals surface area contributed by atoms with Gasteiger partial charge in [0.1, 0.15) is 5.69 Å². The predicted molar refractivity (Wildman–Crippen MR) is 100.0 cm³/mol. The second kappa shape index (κ2) is 6.90. The molecule has 4 unspecified atom stereocenters. The van der Waals surface area contributed by atoms with Gasteiger partial charge >= 0.3 is 6.18 Å². The number of fused-ring (bicyclic) bond motifs is 2. The Labute approximate surface area is 168 Å². The van der Waals surface area contributed by atoms with Gasteiger partial charge in [-0.2, -0.15) is 13.2 Å². The van der Waals surface area contributed by atoms with E-state index in [1.807, 2.05) is 0 Å². The second-order valence-electron chi connectivity index (χ2n) is 9.03. The van der Waals surface area contributed by atoms with Gasteiger partial charge in [-0.3, -0.25) is 4.90 Å². The van der Waals surface area contributed by atoms with Crippen molar-refractivity contribution < 1.29 is 26.3 Å². The van der Waals surface area contributed by atoms with Crippen molar-refractivity contribution >= 4 is 9.84 Å². The number of aryl methyl sites for hydroxylation is 1. The topological polar surface area (TPSA) is 85.5 Å². The van der Waals surface area contributed by atoms with Gasteiger partial charge in [-0.15, -0.1) is 0 Å². The van der Waals surface area contributed by atoms with Gasteiger partial charge in [0.15, 0.2) is 9.84 Å². The summed E-state index contributed by atoms with van der Waals surface area (Å²) in [6, 6.07) is 1.54. The van der Waals surface area contributed by atoms with E-state index in [1.54, 1.807) is 0 Å². The van der Waals surface area contributed by atoms with Gasteiger partial charge in [-0.1, -0.05) is 6.92 Å². The van der Waals surface area contributed by atoms with Gasteiger partial charge < -0.3 is 10.5 Å². The fourth-order valence-corrected chi connectivity index (χ4v) is 7.25. The Hall–Kier alpha value is -1.23. The molecule has 2 bridgehead atoms. The van der Waals surface area contributed by atoms with Crippen molar-refractivity contribution in [2.75, 3.05) is 19.8 Å². The summed E-state index contributed by atoms with van der Waals surface area (Å²) in [7, 11) is -3.84. The number of ether oxygens (including phenoxy) is 1. The van der Waals surface area contributed by atoms with Crippen molar-refractivity contribution in [3.63, 3.8) is 0 Å². The van der Waals surface area contributed by atoms with Crippen LogP contribution in [0.25, 0.3) is 0 Å². The van der Waals surface area contributed by atoms with E-state index in [0.717, 1.165) is 25.1 Å². The Kier molecular flexibility index (Phi) is 5.00. The maximum atomic E-state index is 13.4. The number of nitrogens with zero attached hydrogens (tertiary/aromatic N) is 2. The molecule has 1 aromatic rings. The Morgan fingerprint density at radius 3 is 2.52 bits per heavy atom. The molecule has 0 spiro atoms. The molecule has 0 aliphatic carbocycles. The van der Waals surface area contributed by atoms with Crippen LogP contribution >= 0.6 is 0 Å². The van der Waals surface area contributed by atoms with Crippen LogP contribution in [0.15, 0.2) is 17.0 Å². The highest BCUT2D eigenvalue weighted by Crippen LogP contribution is 2.43. The molecule has 162 valence electrons. The molecular formula is C19H26F3N3O3S. The molecule has 2 N–H and O–H groups in total. The van der Waals surface area contributed by atoms with E-state index in [4.69, 9.17) is 10.5 Å². The van der Waals surface area contributed by atoms with Crippen LogP contribution < -0.4 is 5.73 Å². The molecule has 0 amide bonds. The predicted octanol–water partition coefficient (Wildman–Crippen LogP) is 2.15. The molecule has 4 atom stereocenters. The summed E-state index contributed by atoms with van der Waals surface area (Å²) in [5.74, 6) is 0. The highest BCUT2D eigenvalue weighted by molar-refractivity contribution is 7.92. The van der Waals surface area contributed by atoms with Gasteiger partial charge in [-0.05, 0) is 38.3 Å². The lowest BCUT2D eigenvalue weighted by atomic mass is 9.86. The molecule has 3 aliphatic heterocycles. The Morgan fingerprint density at radius 1 is 1.28 bits per heavy atom. The zero-order valence-electron chi connectivity index (χ0n) is 16.4. The third-order valence-corrected chi connectivity index (χ3v) is 8.79. The molecule has 3 aliphatic rings. The fourth-order valence-electron chi connectivity index (χ4n) is 5.05. The maximum absolute atomic E-state index is 13.4. The Bertz CT molecular complexity index is 902. The van der Waals surface area contributed by atoms with Crippen LogP contribution in [0.2, 0.25) is 0 Å². The molecule has 29 heavy (non-hydrogen) atoms. The van der Waals surface area contributed by atoms with Gasteiger partial charge in [0.2, 0.25) is 0 Å². The van der Waals surface area contributed by atoms with Crippen molar-refractivity contribution in [3.8, 4) is 0 Å². The van der Waals surface area contributed by atoms with Crippen molar-refractivity contribution in [1.29, 1.82) is 0 Å². The Morgan fingerprint density at radius 2 is 1.97 bits per heavy atom. The minimum atomic E-state index is -4.61. The third kappa shape index (κ3) is 3.68. The monoisotopic (exact) mass is 433 g/mol. The highest BCUT2D eigenvalue weighted by Gasteiger charge is 2.53. The SMILES string of the molecule is Cc1nc(C(F)(F)F)ccc1S(=O)(=O)C1CC2CC(N)CC1N2CC1(C)COC1. The lowest BCUT2D eigenvalue weighted by Crippen LogP contribution is -2.56. The summed E-state index contributed by atoms with van der Waals surface area (Å²) in [6.45, 7) is 5.48. The Balaban J connectivity index is 1.65. The second-order valence-corrected chi connectivity index (χ2v) is 11.2. The van der Waals surface area contributed by atoms with E-state index in [-0.39, 0.29) is 34.1 Å². The molecule has 0 saturated carbocycles. The largest absolute Gasteiger partial charge is 0.433 e. The third-order valence-electron chi connectivity index (χ3n) is 6.45. The van der Waals surface area contributed by atoms with Crippen LogP contribution in [-0.2, 0) is 20.8 Å². The van der Waals surface area contributed by atoms with E-state index in [2.05, 4.69) is 16.8 Å². The molecule has 3 fully saturated rings. The first-order valence-corrected chi connectivity index (χ1v) is 11.3. The van der Waals surface area contributed by atoms with Gasteiger partial charge in [0.25, 0.3) is 0 Å². The molecule has 1 aromatic heterocycles. The van der Waals surface area contributed by atoms with Crippen LogP contribution in [0.4, 0.5) is 13.2 Å². The lowest BCUT2D eigenvalue weighted by Gasteiger charge is -2.47. The van der Waals surface area contributed by atoms with Gasteiger partial charge in [0.05, 0.1) is 29.1 Å². The average molecular weight is 433 g/mol. The smallest absolute Gasteiger partial charge is 0.380 e. The molecular weight excluding hydrogens is 407 g/mol. The minimum absolute atomic E-state index is 0.00240. The quantitative estimate of drug-likeness (QED) is 0.783. The van der Waals surface area contributed by atoms with E-state index in [0.29, 0.717) is 26.1 Å². The zero-order chi connectivity index (χ0) is 21.2. The molecule has 0 radical (unpaired) electrons. The van der Waals surface area contributed by atoms with Crippen molar-refractivity contribution in [1.82, 2.24) is 9.88 Å². The lowest BCUT2D eigenvalue weighted by molar-refractivity contribution is -0.141. The van der Waals surface area contributed by atoms with E-state index >= 15 is 0 Å². The number of aromatic nitrogens is 1. The maximum Gasteiger partial charge on any atom is 0.433 e. The summed E-state index contributed by atoms with van der Waals surface area (Å²) in [5.41, 5.74) is 4.99. The standard InChI is InChI=1S/C19H26F3N3O3S/c1-11-15(3-4-17(24-11)19(20,21)22)29(26,27)16-7-13-5-12(23)6-14(16)25(13)8-18(2)9-28-10-18/h3-4,12-14,16H,5-10,23H2,1-2H3. The van der Waals surface area contributed by atoms with Crippen LogP contribution in [0.5, 0.6) is 0 Å². The number of sulfone groups is 1. The number of pyridine rings is 1. The summed E-state index contributed by atoms with van der Waals surface area (Å²) in [6.07, 6.45) is -2.88.